The first-order valence-corrected chi connectivity index (χ1v) is 7.94. The number of hydrogen-bond donors (Lipinski definition) is 1. The van der Waals surface area contributed by atoms with Gasteiger partial charge in [0.2, 0.25) is 0 Å². The minimum Gasteiger partial charge on any atom is -0.378 e. The van der Waals surface area contributed by atoms with Gasteiger partial charge in [-0.15, -0.1) is 0 Å². The van der Waals surface area contributed by atoms with Crippen molar-refractivity contribution in [2.75, 3.05) is 6.61 Å². The number of nitrogens with zero attached hydrogens (tertiary/aromatic N) is 1. The van der Waals surface area contributed by atoms with Crippen molar-refractivity contribution in [1.29, 1.82) is 0 Å². The summed E-state index contributed by atoms with van der Waals surface area (Å²) in [4.78, 5) is 12.5. The van der Waals surface area contributed by atoms with Crippen molar-refractivity contribution < 1.29 is 14.1 Å². The van der Waals surface area contributed by atoms with Gasteiger partial charge in [0.15, 0.2) is 0 Å². The molecule has 2 saturated carbocycles. The number of amides is 1. The van der Waals surface area contributed by atoms with Gasteiger partial charge in [-0.05, 0) is 40.0 Å². The molecule has 1 heterocycles. The zero-order valence-corrected chi connectivity index (χ0v) is 13.1. The molecule has 1 aromatic rings. The highest BCUT2D eigenvalue weighted by Gasteiger charge is 2.57. The Labute approximate surface area is 125 Å². The van der Waals surface area contributed by atoms with E-state index in [1.165, 1.54) is 12.8 Å². The van der Waals surface area contributed by atoms with Gasteiger partial charge in [0, 0.05) is 18.1 Å². The third-order valence-corrected chi connectivity index (χ3v) is 5.25. The van der Waals surface area contributed by atoms with Crippen LogP contribution in [0.2, 0.25) is 0 Å². The fourth-order valence-electron chi connectivity index (χ4n) is 4.13. The third kappa shape index (κ3) is 2.27. The summed E-state index contributed by atoms with van der Waals surface area (Å²) >= 11 is 0. The van der Waals surface area contributed by atoms with Crippen LogP contribution in [0.15, 0.2) is 4.52 Å². The van der Waals surface area contributed by atoms with Gasteiger partial charge >= 0.3 is 0 Å². The molecule has 2 atom stereocenters. The molecule has 1 N–H and O–H groups in total. The normalized spacial score (nSPS) is 26.8. The Kier molecular flexibility index (Phi) is 3.78. The maximum Gasteiger partial charge on any atom is 0.257 e. The second-order valence-corrected chi connectivity index (χ2v) is 6.35. The molecule has 1 spiro atoms. The molecule has 2 aliphatic carbocycles. The zero-order chi connectivity index (χ0) is 15.0. The number of ether oxygens (including phenoxy) is 1. The topological polar surface area (TPSA) is 64.4 Å². The van der Waals surface area contributed by atoms with Gasteiger partial charge in [0.25, 0.3) is 5.91 Å². The third-order valence-electron chi connectivity index (χ3n) is 5.25. The predicted octanol–water partition coefficient (Wildman–Crippen LogP) is 2.76. The Morgan fingerprint density at radius 2 is 2.14 bits per heavy atom. The van der Waals surface area contributed by atoms with Crippen molar-refractivity contribution in [1.82, 2.24) is 10.5 Å². The maximum absolute atomic E-state index is 12.5. The zero-order valence-electron chi connectivity index (χ0n) is 13.1. The van der Waals surface area contributed by atoms with Crippen LogP contribution in [0.3, 0.4) is 0 Å². The highest BCUT2D eigenvalue weighted by atomic mass is 16.5. The van der Waals surface area contributed by atoms with Crippen molar-refractivity contribution in [3.8, 4) is 0 Å². The Morgan fingerprint density at radius 1 is 1.43 bits per heavy atom. The molecule has 0 bridgehead atoms. The first-order valence-electron chi connectivity index (χ1n) is 7.94. The van der Waals surface area contributed by atoms with Crippen molar-refractivity contribution in [3.05, 3.63) is 17.0 Å². The van der Waals surface area contributed by atoms with Crippen LogP contribution in [0.5, 0.6) is 0 Å². The van der Waals surface area contributed by atoms with E-state index in [1.807, 2.05) is 6.92 Å². The number of carbonyl (C=O) groups is 1. The van der Waals surface area contributed by atoms with E-state index in [0.29, 0.717) is 23.1 Å². The van der Waals surface area contributed by atoms with Crippen molar-refractivity contribution in [3.63, 3.8) is 0 Å². The van der Waals surface area contributed by atoms with Crippen LogP contribution in [-0.4, -0.2) is 29.8 Å². The summed E-state index contributed by atoms with van der Waals surface area (Å²) < 4.78 is 11.0. The summed E-state index contributed by atoms with van der Waals surface area (Å²) in [7, 11) is 0. The second kappa shape index (κ2) is 5.44. The van der Waals surface area contributed by atoms with Gasteiger partial charge in [0.1, 0.15) is 11.3 Å². The number of nitrogens with one attached hydrogen (secondary N) is 1. The summed E-state index contributed by atoms with van der Waals surface area (Å²) in [6.45, 7) is 6.37. The van der Waals surface area contributed by atoms with Crippen LogP contribution in [0.1, 0.15) is 60.8 Å². The molecule has 0 radical (unpaired) electrons. The lowest BCUT2D eigenvalue weighted by Crippen LogP contribution is -2.63. The number of rotatable bonds is 4. The first-order chi connectivity index (χ1) is 10.1. The molecule has 1 aromatic heterocycles. The summed E-state index contributed by atoms with van der Waals surface area (Å²) in [5.41, 5.74) is 1.40. The number of aryl methyl sites for hydroxylation is 2. The van der Waals surface area contributed by atoms with E-state index in [1.54, 1.807) is 13.8 Å². The highest BCUT2D eigenvalue weighted by Crippen LogP contribution is 2.54. The molecule has 0 saturated heterocycles. The Bertz CT molecular complexity index is 512. The van der Waals surface area contributed by atoms with Crippen molar-refractivity contribution in [2.45, 2.75) is 65.0 Å². The molecule has 1 amide bonds. The molecule has 5 nitrogen and oxygen atoms in total. The van der Waals surface area contributed by atoms with Gasteiger partial charge in [0.05, 0.1) is 11.8 Å². The minimum atomic E-state index is -0.0579. The lowest BCUT2D eigenvalue weighted by Gasteiger charge is -2.54. The van der Waals surface area contributed by atoms with E-state index < -0.39 is 0 Å². The first kappa shape index (κ1) is 14.6. The van der Waals surface area contributed by atoms with Gasteiger partial charge in [-0.25, -0.2) is 0 Å². The van der Waals surface area contributed by atoms with E-state index >= 15 is 0 Å². The Balaban J connectivity index is 1.72. The SMILES string of the molecule is CCO[C@@H]1C[C@H](NC(=O)c2c(C)noc2C)C12CCCC2. The van der Waals surface area contributed by atoms with Crippen molar-refractivity contribution in [2.24, 2.45) is 5.41 Å². The molecule has 5 heteroatoms. The fourth-order valence-corrected chi connectivity index (χ4v) is 4.13. The standard InChI is InChI=1S/C16H24N2O3/c1-4-20-13-9-12(16(13)7-5-6-8-16)17-15(19)14-10(2)18-21-11(14)3/h12-13H,4-9H2,1-3H3,(H,17,19)/t12-,13+/m0/s1. The van der Waals surface area contributed by atoms with Gasteiger partial charge < -0.3 is 14.6 Å². The molecule has 0 aromatic carbocycles. The summed E-state index contributed by atoms with van der Waals surface area (Å²) in [6.07, 6.45) is 6.01. The molecular weight excluding hydrogens is 268 g/mol. The van der Waals surface area contributed by atoms with Crippen LogP contribution >= 0.6 is 0 Å². The number of hydrogen-bond acceptors (Lipinski definition) is 4. The smallest absolute Gasteiger partial charge is 0.257 e. The molecule has 2 fully saturated rings. The summed E-state index contributed by atoms with van der Waals surface area (Å²) in [5, 5.41) is 7.06. The van der Waals surface area contributed by atoms with Crippen molar-refractivity contribution >= 4 is 5.91 Å². The number of aromatic nitrogens is 1. The van der Waals surface area contributed by atoms with Crippen LogP contribution in [-0.2, 0) is 4.74 Å². The lowest BCUT2D eigenvalue weighted by atomic mass is 9.60. The summed E-state index contributed by atoms with van der Waals surface area (Å²) in [5.74, 6) is 0.531. The average Bonchev–Trinajstić information content (AvgIpc) is 3.07. The predicted molar refractivity (Wildman–Crippen MR) is 78.2 cm³/mol. The molecule has 0 aliphatic heterocycles. The fraction of sp³-hybridized carbons (Fsp3) is 0.750. The molecule has 3 rings (SSSR count). The Hall–Kier alpha value is -1.36. The highest BCUT2D eigenvalue weighted by molar-refractivity contribution is 5.96. The second-order valence-electron chi connectivity index (χ2n) is 6.35. The molecular formula is C16H24N2O3. The van der Waals surface area contributed by atoms with E-state index in [0.717, 1.165) is 25.9 Å². The molecule has 2 aliphatic rings. The van der Waals surface area contributed by atoms with E-state index in [-0.39, 0.29) is 17.4 Å². The molecule has 21 heavy (non-hydrogen) atoms. The van der Waals surface area contributed by atoms with Crippen LogP contribution in [0.4, 0.5) is 0 Å². The van der Waals surface area contributed by atoms with E-state index in [9.17, 15) is 4.79 Å². The van der Waals surface area contributed by atoms with Gasteiger partial charge in [-0.2, -0.15) is 0 Å². The average molecular weight is 292 g/mol. The van der Waals surface area contributed by atoms with E-state index in [4.69, 9.17) is 9.26 Å². The van der Waals surface area contributed by atoms with E-state index in [2.05, 4.69) is 10.5 Å². The maximum atomic E-state index is 12.5. The van der Waals surface area contributed by atoms with Gasteiger partial charge in [-0.3, -0.25) is 4.79 Å². The number of carbonyl (C=O) groups excluding carboxylic acids is 1. The molecule has 0 unspecified atom stereocenters. The summed E-state index contributed by atoms with van der Waals surface area (Å²) in [6, 6.07) is 0.220. The largest absolute Gasteiger partial charge is 0.378 e. The lowest BCUT2D eigenvalue weighted by molar-refractivity contribution is -0.127. The van der Waals surface area contributed by atoms with Gasteiger partial charge in [-0.1, -0.05) is 18.0 Å². The minimum absolute atomic E-state index is 0.0579. The van der Waals surface area contributed by atoms with Crippen LogP contribution in [0.25, 0.3) is 0 Å². The monoisotopic (exact) mass is 292 g/mol. The van der Waals surface area contributed by atoms with Crippen LogP contribution in [0, 0.1) is 19.3 Å². The van der Waals surface area contributed by atoms with Crippen LogP contribution < -0.4 is 5.32 Å². The quantitative estimate of drug-likeness (QED) is 0.926. The Morgan fingerprint density at radius 3 is 2.71 bits per heavy atom. The molecule has 116 valence electrons.